The lowest BCUT2D eigenvalue weighted by Gasteiger charge is -2.26. The Bertz CT molecular complexity index is 741. The summed E-state index contributed by atoms with van der Waals surface area (Å²) in [5.41, 5.74) is 13.0. The summed E-state index contributed by atoms with van der Waals surface area (Å²) < 4.78 is 5.29. The van der Waals surface area contributed by atoms with Crippen LogP contribution in [0.2, 0.25) is 0 Å². The molecule has 10 heteroatoms. The second-order valence-electron chi connectivity index (χ2n) is 5.67. The number of rotatable bonds is 5. The average molecular weight is 386 g/mol. The molecule has 136 valence electrons. The molecule has 3 rings (SSSR count). The molecule has 1 fully saturated rings. The van der Waals surface area contributed by atoms with Gasteiger partial charge in [0.15, 0.2) is 5.13 Å². The third-order valence-corrected chi connectivity index (χ3v) is 4.81. The van der Waals surface area contributed by atoms with Crippen LogP contribution in [0.1, 0.15) is 23.3 Å². The Balaban J connectivity index is 0.00000225. The number of nitrogens with one attached hydrogen (secondary N) is 2. The molecule has 2 amide bonds. The van der Waals surface area contributed by atoms with Crippen molar-refractivity contribution in [1.82, 2.24) is 9.97 Å². The number of hydrogen-bond donors (Lipinski definition) is 4. The SMILES string of the molecule is Cl.NC(=O)c1cc(-c2csc(NC(=O)C(N)C3CCOCC3)n2)c[nH]1. The molecule has 2 aromatic heterocycles. The van der Waals surface area contributed by atoms with E-state index >= 15 is 0 Å². The molecule has 1 unspecified atom stereocenters. The molecule has 0 spiro atoms. The summed E-state index contributed by atoms with van der Waals surface area (Å²) in [6, 6.07) is 1.05. The second kappa shape index (κ2) is 8.43. The molecule has 0 bridgehead atoms. The number of ether oxygens (including phenoxy) is 1. The van der Waals surface area contributed by atoms with Crippen molar-refractivity contribution in [3.05, 3.63) is 23.3 Å². The topological polar surface area (TPSA) is 136 Å². The highest BCUT2D eigenvalue weighted by molar-refractivity contribution is 7.14. The number of amides is 2. The van der Waals surface area contributed by atoms with Gasteiger partial charge in [0.2, 0.25) is 5.91 Å². The van der Waals surface area contributed by atoms with Gasteiger partial charge in [0.1, 0.15) is 5.69 Å². The quantitative estimate of drug-likeness (QED) is 0.615. The lowest BCUT2D eigenvalue weighted by atomic mass is 9.92. The minimum Gasteiger partial charge on any atom is -0.381 e. The number of primary amides is 1. The van der Waals surface area contributed by atoms with Gasteiger partial charge in [-0.05, 0) is 24.8 Å². The molecule has 6 N–H and O–H groups in total. The van der Waals surface area contributed by atoms with Crippen molar-refractivity contribution >= 4 is 40.7 Å². The summed E-state index contributed by atoms with van der Waals surface area (Å²) >= 11 is 1.30. The summed E-state index contributed by atoms with van der Waals surface area (Å²) in [6.07, 6.45) is 3.22. The number of anilines is 1. The van der Waals surface area contributed by atoms with Crippen molar-refractivity contribution in [2.24, 2.45) is 17.4 Å². The summed E-state index contributed by atoms with van der Waals surface area (Å²) in [7, 11) is 0. The molecule has 3 heterocycles. The molecule has 1 aliphatic heterocycles. The van der Waals surface area contributed by atoms with E-state index in [-0.39, 0.29) is 24.2 Å². The number of aromatic amines is 1. The number of H-pyrrole nitrogens is 1. The van der Waals surface area contributed by atoms with E-state index in [9.17, 15) is 9.59 Å². The number of aromatic nitrogens is 2. The van der Waals surface area contributed by atoms with Gasteiger partial charge in [-0.25, -0.2) is 4.98 Å². The van der Waals surface area contributed by atoms with Gasteiger partial charge in [0.25, 0.3) is 5.91 Å². The van der Waals surface area contributed by atoms with Crippen LogP contribution >= 0.6 is 23.7 Å². The molecular formula is C15H20ClN5O3S. The van der Waals surface area contributed by atoms with Gasteiger partial charge in [-0.2, -0.15) is 0 Å². The van der Waals surface area contributed by atoms with Crippen molar-refractivity contribution in [3.8, 4) is 11.3 Å². The van der Waals surface area contributed by atoms with Gasteiger partial charge in [0.05, 0.1) is 11.7 Å². The van der Waals surface area contributed by atoms with Crippen LogP contribution in [0.4, 0.5) is 5.13 Å². The minimum atomic E-state index is -0.574. The third-order valence-electron chi connectivity index (χ3n) is 4.06. The first kappa shape index (κ1) is 19.4. The van der Waals surface area contributed by atoms with Crippen molar-refractivity contribution in [1.29, 1.82) is 0 Å². The molecule has 0 aromatic carbocycles. The number of carbonyl (C=O) groups is 2. The Morgan fingerprint density at radius 2 is 2.12 bits per heavy atom. The predicted octanol–water partition coefficient (Wildman–Crippen LogP) is 1.35. The highest BCUT2D eigenvalue weighted by Crippen LogP contribution is 2.26. The number of carbonyl (C=O) groups excluding carboxylic acids is 2. The second-order valence-corrected chi connectivity index (χ2v) is 6.53. The van der Waals surface area contributed by atoms with Gasteiger partial charge >= 0.3 is 0 Å². The van der Waals surface area contributed by atoms with E-state index in [4.69, 9.17) is 16.2 Å². The summed E-state index contributed by atoms with van der Waals surface area (Å²) in [6.45, 7) is 1.28. The molecule has 0 radical (unpaired) electrons. The van der Waals surface area contributed by atoms with E-state index in [0.29, 0.717) is 29.7 Å². The lowest BCUT2D eigenvalue weighted by Crippen LogP contribution is -2.43. The third kappa shape index (κ3) is 4.57. The maximum Gasteiger partial charge on any atom is 0.265 e. The number of hydrogen-bond acceptors (Lipinski definition) is 6. The number of nitrogens with two attached hydrogens (primary N) is 2. The maximum atomic E-state index is 12.3. The van der Waals surface area contributed by atoms with Crippen molar-refractivity contribution in [3.63, 3.8) is 0 Å². The molecule has 1 atom stereocenters. The van der Waals surface area contributed by atoms with Gasteiger partial charge in [-0.15, -0.1) is 23.7 Å². The van der Waals surface area contributed by atoms with Gasteiger partial charge < -0.3 is 26.5 Å². The molecule has 2 aromatic rings. The fourth-order valence-electron chi connectivity index (χ4n) is 2.63. The van der Waals surface area contributed by atoms with Crippen LogP contribution in [0.3, 0.4) is 0 Å². The molecule has 0 aliphatic carbocycles. The molecule has 25 heavy (non-hydrogen) atoms. The van der Waals surface area contributed by atoms with Gasteiger partial charge in [-0.1, -0.05) is 0 Å². The van der Waals surface area contributed by atoms with Crippen LogP contribution in [0.15, 0.2) is 17.6 Å². The fourth-order valence-corrected chi connectivity index (χ4v) is 3.35. The first-order valence-electron chi connectivity index (χ1n) is 7.63. The Labute approximate surface area is 154 Å². The monoisotopic (exact) mass is 385 g/mol. The summed E-state index contributed by atoms with van der Waals surface area (Å²) in [4.78, 5) is 30.5. The zero-order valence-corrected chi connectivity index (χ0v) is 15.0. The molecule has 0 saturated carbocycles. The normalized spacial score (nSPS) is 16.0. The Kier molecular flexibility index (Phi) is 6.54. The van der Waals surface area contributed by atoms with Crippen LogP contribution in [0.25, 0.3) is 11.3 Å². The minimum absolute atomic E-state index is 0. The smallest absolute Gasteiger partial charge is 0.265 e. The molecule has 1 saturated heterocycles. The zero-order valence-electron chi connectivity index (χ0n) is 13.4. The van der Waals surface area contributed by atoms with E-state index in [1.165, 1.54) is 11.3 Å². The highest BCUT2D eigenvalue weighted by atomic mass is 35.5. The van der Waals surface area contributed by atoms with E-state index in [0.717, 1.165) is 18.4 Å². The zero-order chi connectivity index (χ0) is 17.1. The van der Waals surface area contributed by atoms with E-state index in [1.54, 1.807) is 17.6 Å². The van der Waals surface area contributed by atoms with E-state index < -0.39 is 11.9 Å². The Hall–Kier alpha value is -1.94. The number of thiazole rings is 1. The highest BCUT2D eigenvalue weighted by Gasteiger charge is 2.27. The first-order valence-corrected chi connectivity index (χ1v) is 8.51. The standard InChI is InChI=1S/C15H19N5O3S.ClH/c16-12(8-1-3-23-4-2-8)14(22)20-15-19-11(7-24-15)9-5-10(13(17)21)18-6-9;/h5-8,12,18H,1-4,16H2,(H2,17,21)(H,19,20,22);1H. The van der Waals surface area contributed by atoms with Crippen LogP contribution < -0.4 is 16.8 Å². The summed E-state index contributed by atoms with van der Waals surface area (Å²) in [5.74, 6) is -0.650. The molecule has 1 aliphatic rings. The van der Waals surface area contributed by atoms with Crippen molar-refractivity contribution in [2.75, 3.05) is 18.5 Å². The lowest BCUT2D eigenvalue weighted by molar-refractivity contribution is -0.119. The largest absolute Gasteiger partial charge is 0.381 e. The van der Waals surface area contributed by atoms with Crippen LogP contribution in [-0.2, 0) is 9.53 Å². The first-order chi connectivity index (χ1) is 11.5. The summed E-state index contributed by atoms with van der Waals surface area (Å²) in [5, 5.41) is 5.03. The average Bonchev–Trinajstić information content (AvgIpc) is 3.24. The number of halogens is 1. The Morgan fingerprint density at radius 3 is 2.76 bits per heavy atom. The predicted molar refractivity (Wildman–Crippen MR) is 97.8 cm³/mol. The fraction of sp³-hybridized carbons (Fsp3) is 0.400. The van der Waals surface area contributed by atoms with Gasteiger partial charge in [0, 0.05) is 30.4 Å². The van der Waals surface area contributed by atoms with Gasteiger partial charge in [-0.3, -0.25) is 9.59 Å². The van der Waals surface area contributed by atoms with Crippen LogP contribution in [-0.4, -0.2) is 41.0 Å². The van der Waals surface area contributed by atoms with E-state index in [2.05, 4.69) is 15.3 Å². The van der Waals surface area contributed by atoms with Crippen molar-refractivity contribution in [2.45, 2.75) is 18.9 Å². The molecule has 8 nitrogen and oxygen atoms in total. The maximum absolute atomic E-state index is 12.3. The van der Waals surface area contributed by atoms with Crippen LogP contribution in [0.5, 0.6) is 0 Å². The van der Waals surface area contributed by atoms with Crippen molar-refractivity contribution < 1.29 is 14.3 Å². The molecular weight excluding hydrogens is 366 g/mol. The number of nitrogens with zero attached hydrogens (tertiary/aromatic N) is 1. The van der Waals surface area contributed by atoms with E-state index in [1.807, 2.05) is 0 Å². The Morgan fingerprint density at radius 1 is 1.40 bits per heavy atom. The van der Waals surface area contributed by atoms with Crippen LogP contribution in [0, 0.1) is 5.92 Å².